The summed E-state index contributed by atoms with van der Waals surface area (Å²) in [6.45, 7) is 0. The lowest BCUT2D eigenvalue weighted by Gasteiger charge is -2.02. The molecule has 0 saturated carbocycles. The number of H-pyrrole nitrogens is 1. The molecule has 0 bridgehead atoms. The normalized spacial score (nSPS) is 10.5. The van der Waals surface area contributed by atoms with Crippen LogP contribution in [0.4, 0.5) is 10.2 Å². The molecule has 0 radical (unpaired) electrons. The first-order valence-electron chi connectivity index (χ1n) is 4.84. The van der Waals surface area contributed by atoms with Crippen molar-refractivity contribution in [1.82, 2.24) is 10.2 Å². The highest BCUT2D eigenvalue weighted by Gasteiger charge is 2.14. The molecule has 1 aromatic carbocycles. The van der Waals surface area contributed by atoms with Crippen molar-refractivity contribution in [2.24, 2.45) is 0 Å². The van der Waals surface area contributed by atoms with E-state index >= 15 is 0 Å². The number of anilines is 1. The summed E-state index contributed by atoms with van der Waals surface area (Å²) in [6, 6.07) is 4.46. The van der Waals surface area contributed by atoms with Gasteiger partial charge in [0.2, 0.25) is 0 Å². The van der Waals surface area contributed by atoms with Crippen molar-refractivity contribution in [1.29, 1.82) is 0 Å². The Labute approximate surface area is 105 Å². The van der Waals surface area contributed by atoms with Gasteiger partial charge in [0.25, 0.3) is 0 Å². The molecule has 2 aromatic rings. The SMILES string of the molecule is Nc1[nH]ncc1C(=O)Cc1cc(Br)ccc1F. The van der Waals surface area contributed by atoms with E-state index in [2.05, 4.69) is 26.1 Å². The number of ketones is 1. The van der Waals surface area contributed by atoms with Gasteiger partial charge < -0.3 is 5.73 Å². The number of benzene rings is 1. The minimum atomic E-state index is -0.413. The van der Waals surface area contributed by atoms with Crippen LogP contribution in [0.15, 0.2) is 28.9 Å². The van der Waals surface area contributed by atoms with Gasteiger partial charge in [-0.25, -0.2) is 4.39 Å². The van der Waals surface area contributed by atoms with Crippen LogP contribution in [-0.2, 0) is 6.42 Å². The average molecular weight is 298 g/mol. The molecule has 0 unspecified atom stereocenters. The van der Waals surface area contributed by atoms with Crippen LogP contribution in [0.25, 0.3) is 0 Å². The zero-order chi connectivity index (χ0) is 12.4. The van der Waals surface area contributed by atoms with Crippen LogP contribution in [0.1, 0.15) is 15.9 Å². The van der Waals surface area contributed by atoms with Crippen LogP contribution in [-0.4, -0.2) is 16.0 Å². The third kappa shape index (κ3) is 2.52. The number of nitrogens with zero attached hydrogens (tertiary/aromatic N) is 1. The van der Waals surface area contributed by atoms with Gasteiger partial charge in [-0.1, -0.05) is 15.9 Å². The monoisotopic (exact) mass is 297 g/mol. The summed E-state index contributed by atoms with van der Waals surface area (Å²) in [7, 11) is 0. The number of hydrogen-bond acceptors (Lipinski definition) is 3. The first-order valence-corrected chi connectivity index (χ1v) is 5.63. The molecule has 0 amide bonds. The number of hydrogen-bond donors (Lipinski definition) is 2. The van der Waals surface area contributed by atoms with Gasteiger partial charge in [0.1, 0.15) is 11.6 Å². The fraction of sp³-hybridized carbons (Fsp3) is 0.0909. The van der Waals surface area contributed by atoms with Gasteiger partial charge in [-0.3, -0.25) is 9.89 Å². The molecule has 0 saturated heterocycles. The molecule has 1 heterocycles. The lowest BCUT2D eigenvalue weighted by atomic mass is 10.0. The van der Waals surface area contributed by atoms with E-state index in [1.165, 1.54) is 12.3 Å². The Kier molecular flexibility index (Phi) is 3.23. The predicted molar refractivity (Wildman–Crippen MR) is 65.1 cm³/mol. The molecule has 0 fully saturated rings. The van der Waals surface area contributed by atoms with E-state index in [-0.39, 0.29) is 23.6 Å². The zero-order valence-electron chi connectivity index (χ0n) is 8.71. The zero-order valence-corrected chi connectivity index (χ0v) is 10.3. The molecule has 6 heteroatoms. The Balaban J connectivity index is 2.24. The van der Waals surface area contributed by atoms with Crippen molar-refractivity contribution < 1.29 is 9.18 Å². The highest BCUT2D eigenvalue weighted by atomic mass is 79.9. The minimum absolute atomic E-state index is 0.0466. The first kappa shape index (κ1) is 11.8. The largest absolute Gasteiger partial charge is 0.383 e. The smallest absolute Gasteiger partial charge is 0.172 e. The van der Waals surface area contributed by atoms with Crippen LogP contribution in [0, 0.1) is 5.82 Å². The van der Waals surface area contributed by atoms with Crippen molar-refractivity contribution in [3.05, 3.63) is 45.8 Å². The van der Waals surface area contributed by atoms with Gasteiger partial charge in [0.15, 0.2) is 5.78 Å². The van der Waals surface area contributed by atoms with E-state index in [1.807, 2.05) is 0 Å². The molecule has 1 aromatic heterocycles. The summed E-state index contributed by atoms with van der Waals surface area (Å²) in [6.07, 6.45) is 1.29. The highest BCUT2D eigenvalue weighted by molar-refractivity contribution is 9.10. The Morgan fingerprint density at radius 3 is 2.94 bits per heavy atom. The lowest BCUT2D eigenvalue weighted by Crippen LogP contribution is -2.06. The number of nitrogen functional groups attached to an aromatic ring is 1. The fourth-order valence-corrected chi connectivity index (χ4v) is 1.87. The van der Waals surface area contributed by atoms with Gasteiger partial charge >= 0.3 is 0 Å². The quantitative estimate of drug-likeness (QED) is 0.854. The molecule has 4 nitrogen and oxygen atoms in total. The van der Waals surface area contributed by atoms with Gasteiger partial charge in [-0.15, -0.1) is 0 Å². The molecule has 0 aliphatic carbocycles. The molecule has 0 aliphatic rings. The van der Waals surface area contributed by atoms with E-state index in [4.69, 9.17) is 5.73 Å². The van der Waals surface area contributed by atoms with Gasteiger partial charge in [-0.05, 0) is 23.8 Å². The number of nitrogens with two attached hydrogens (primary N) is 1. The summed E-state index contributed by atoms with van der Waals surface area (Å²) in [4.78, 5) is 11.8. The van der Waals surface area contributed by atoms with Crippen molar-refractivity contribution in [3.8, 4) is 0 Å². The standard InChI is InChI=1S/C11H9BrFN3O/c12-7-1-2-9(13)6(3-7)4-10(17)8-5-15-16-11(8)14/h1-3,5H,4H2,(H3,14,15,16). The second kappa shape index (κ2) is 4.67. The Bertz CT molecular complexity index is 568. The van der Waals surface area contributed by atoms with E-state index in [0.717, 1.165) is 4.47 Å². The molecular weight excluding hydrogens is 289 g/mol. The van der Waals surface area contributed by atoms with Crippen LogP contribution >= 0.6 is 15.9 Å². The summed E-state index contributed by atoms with van der Waals surface area (Å²) < 4.78 is 14.2. The molecule has 88 valence electrons. The maximum atomic E-state index is 13.4. The number of rotatable bonds is 3. The summed E-state index contributed by atoms with van der Waals surface area (Å²) in [5.41, 5.74) is 6.13. The third-order valence-corrected chi connectivity index (χ3v) is 2.82. The maximum Gasteiger partial charge on any atom is 0.172 e. The Morgan fingerprint density at radius 2 is 2.29 bits per heavy atom. The topological polar surface area (TPSA) is 71.8 Å². The van der Waals surface area contributed by atoms with E-state index in [9.17, 15) is 9.18 Å². The minimum Gasteiger partial charge on any atom is -0.383 e. The van der Waals surface area contributed by atoms with Crippen LogP contribution in [0.2, 0.25) is 0 Å². The number of aromatic amines is 1. The average Bonchev–Trinajstić information content (AvgIpc) is 2.70. The Hall–Kier alpha value is -1.69. The predicted octanol–water partition coefficient (Wildman–Crippen LogP) is 2.32. The molecule has 0 aliphatic heterocycles. The lowest BCUT2D eigenvalue weighted by molar-refractivity contribution is 0.0992. The second-order valence-corrected chi connectivity index (χ2v) is 4.45. The number of Topliss-reactive ketones (excluding diaryl/α,β-unsaturated/α-hetero) is 1. The van der Waals surface area contributed by atoms with Crippen molar-refractivity contribution in [2.75, 3.05) is 5.73 Å². The molecule has 3 N–H and O–H groups in total. The summed E-state index contributed by atoms with van der Waals surface area (Å²) in [5, 5.41) is 6.12. The maximum absolute atomic E-state index is 13.4. The number of aromatic nitrogens is 2. The van der Waals surface area contributed by atoms with Crippen molar-refractivity contribution >= 4 is 27.5 Å². The van der Waals surface area contributed by atoms with Crippen LogP contribution in [0.5, 0.6) is 0 Å². The molecule has 17 heavy (non-hydrogen) atoms. The van der Waals surface area contributed by atoms with E-state index in [1.54, 1.807) is 12.1 Å². The molecular formula is C11H9BrFN3O. The second-order valence-electron chi connectivity index (χ2n) is 3.53. The van der Waals surface area contributed by atoms with Crippen LogP contribution < -0.4 is 5.73 Å². The number of carbonyl (C=O) groups is 1. The highest BCUT2D eigenvalue weighted by Crippen LogP contribution is 2.18. The van der Waals surface area contributed by atoms with Gasteiger partial charge in [0, 0.05) is 10.9 Å². The van der Waals surface area contributed by atoms with E-state index in [0.29, 0.717) is 5.56 Å². The third-order valence-electron chi connectivity index (χ3n) is 2.33. The fourth-order valence-electron chi connectivity index (χ4n) is 1.47. The molecule has 2 rings (SSSR count). The number of carbonyl (C=O) groups excluding carboxylic acids is 1. The van der Waals surface area contributed by atoms with Crippen LogP contribution in [0.3, 0.4) is 0 Å². The number of halogens is 2. The summed E-state index contributed by atoms with van der Waals surface area (Å²) >= 11 is 3.23. The number of nitrogens with one attached hydrogen (secondary N) is 1. The first-order chi connectivity index (χ1) is 8.08. The van der Waals surface area contributed by atoms with E-state index < -0.39 is 5.82 Å². The van der Waals surface area contributed by atoms with Crippen molar-refractivity contribution in [3.63, 3.8) is 0 Å². The Morgan fingerprint density at radius 1 is 1.53 bits per heavy atom. The molecule has 0 spiro atoms. The molecule has 0 atom stereocenters. The van der Waals surface area contributed by atoms with Gasteiger partial charge in [-0.2, -0.15) is 5.10 Å². The van der Waals surface area contributed by atoms with Gasteiger partial charge in [0.05, 0.1) is 11.8 Å². The van der Waals surface area contributed by atoms with Crippen molar-refractivity contribution in [2.45, 2.75) is 6.42 Å². The summed E-state index contributed by atoms with van der Waals surface area (Å²) in [5.74, 6) is -0.484.